The van der Waals surface area contributed by atoms with E-state index in [4.69, 9.17) is 0 Å². The molecule has 4 rings (SSSR count). The maximum Gasteiger partial charge on any atom is 0.254 e. The van der Waals surface area contributed by atoms with Crippen LogP contribution in [-0.2, 0) is 13.0 Å². The van der Waals surface area contributed by atoms with Crippen LogP contribution < -0.4 is 5.32 Å². The molecule has 1 aliphatic heterocycles. The molecule has 0 saturated heterocycles. The average molecular weight is 284 g/mol. The third kappa shape index (κ3) is 2.98. The van der Waals surface area contributed by atoms with Gasteiger partial charge in [0.1, 0.15) is 0 Å². The van der Waals surface area contributed by atoms with Gasteiger partial charge in [-0.1, -0.05) is 12.1 Å². The Labute approximate surface area is 126 Å². The SMILES string of the molecule is O=C(c1cccc2c1CCNC2)N(CC1CC1)CC1CC1. The van der Waals surface area contributed by atoms with Crippen LogP contribution in [0.4, 0.5) is 0 Å². The molecule has 1 aromatic rings. The first-order chi connectivity index (χ1) is 10.3. The van der Waals surface area contributed by atoms with Crippen molar-refractivity contribution in [2.75, 3.05) is 19.6 Å². The summed E-state index contributed by atoms with van der Waals surface area (Å²) in [5.74, 6) is 1.83. The van der Waals surface area contributed by atoms with E-state index in [1.807, 2.05) is 12.1 Å². The Hall–Kier alpha value is -1.35. The zero-order valence-electron chi connectivity index (χ0n) is 12.6. The van der Waals surface area contributed by atoms with Crippen LogP contribution in [0, 0.1) is 11.8 Å². The molecule has 1 N–H and O–H groups in total. The molecule has 1 aromatic carbocycles. The summed E-state index contributed by atoms with van der Waals surface area (Å²) in [5, 5.41) is 3.40. The molecule has 21 heavy (non-hydrogen) atoms. The summed E-state index contributed by atoms with van der Waals surface area (Å²) in [5.41, 5.74) is 3.57. The van der Waals surface area contributed by atoms with E-state index < -0.39 is 0 Å². The molecule has 3 aliphatic rings. The van der Waals surface area contributed by atoms with Crippen LogP contribution in [0.25, 0.3) is 0 Å². The molecule has 0 aromatic heterocycles. The van der Waals surface area contributed by atoms with E-state index in [2.05, 4.69) is 16.3 Å². The summed E-state index contributed by atoms with van der Waals surface area (Å²) in [7, 11) is 0. The molecule has 1 heterocycles. The second kappa shape index (κ2) is 5.45. The van der Waals surface area contributed by atoms with Gasteiger partial charge in [-0.3, -0.25) is 4.79 Å². The summed E-state index contributed by atoms with van der Waals surface area (Å²) < 4.78 is 0. The standard InChI is InChI=1S/C18H24N2O/c21-18(20(11-13-4-5-13)12-14-6-7-14)17-3-1-2-15-10-19-9-8-16(15)17/h1-3,13-14,19H,4-12H2. The van der Waals surface area contributed by atoms with Crippen molar-refractivity contribution in [1.29, 1.82) is 0 Å². The third-order valence-electron chi connectivity index (χ3n) is 5.01. The highest BCUT2D eigenvalue weighted by Crippen LogP contribution is 2.34. The summed E-state index contributed by atoms with van der Waals surface area (Å²) in [4.78, 5) is 15.2. The van der Waals surface area contributed by atoms with Crippen molar-refractivity contribution >= 4 is 5.91 Å². The lowest BCUT2D eigenvalue weighted by molar-refractivity contribution is 0.0738. The number of fused-ring (bicyclic) bond motifs is 1. The molecule has 2 saturated carbocycles. The van der Waals surface area contributed by atoms with Gasteiger partial charge >= 0.3 is 0 Å². The fourth-order valence-corrected chi connectivity index (χ4v) is 3.37. The zero-order valence-corrected chi connectivity index (χ0v) is 12.6. The van der Waals surface area contributed by atoms with E-state index in [1.54, 1.807) is 0 Å². The molecule has 3 nitrogen and oxygen atoms in total. The maximum atomic E-state index is 13.0. The predicted octanol–water partition coefficient (Wildman–Crippen LogP) is 2.59. The highest BCUT2D eigenvalue weighted by Gasteiger charge is 2.32. The fourth-order valence-electron chi connectivity index (χ4n) is 3.37. The van der Waals surface area contributed by atoms with E-state index >= 15 is 0 Å². The molecular weight excluding hydrogens is 260 g/mol. The molecule has 0 bridgehead atoms. The molecule has 1 amide bonds. The first kappa shape index (κ1) is 13.3. The number of carbonyl (C=O) groups is 1. The Morgan fingerprint density at radius 1 is 1.14 bits per heavy atom. The minimum absolute atomic E-state index is 0.285. The van der Waals surface area contributed by atoms with Gasteiger partial charge in [-0.15, -0.1) is 0 Å². The van der Waals surface area contributed by atoms with Crippen LogP contribution in [0.15, 0.2) is 18.2 Å². The van der Waals surface area contributed by atoms with Crippen molar-refractivity contribution < 1.29 is 4.79 Å². The minimum Gasteiger partial charge on any atom is -0.338 e. The van der Waals surface area contributed by atoms with E-state index in [-0.39, 0.29) is 5.91 Å². The van der Waals surface area contributed by atoms with Crippen molar-refractivity contribution in [2.24, 2.45) is 11.8 Å². The van der Waals surface area contributed by atoms with E-state index in [1.165, 1.54) is 36.8 Å². The van der Waals surface area contributed by atoms with Gasteiger partial charge in [0.05, 0.1) is 0 Å². The van der Waals surface area contributed by atoms with Crippen molar-refractivity contribution in [1.82, 2.24) is 10.2 Å². The number of carbonyl (C=O) groups excluding carboxylic acids is 1. The van der Waals surface area contributed by atoms with Gasteiger partial charge in [-0.25, -0.2) is 0 Å². The topological polar surface area (TPSA) is 32.3 Å². The van der Waals surface area contributed by atoms with Crippen molar-refractivity contribution in [3.63, 3.8) is 0 Å². The molecule has 2 fully saturated rings. The Morgan fingerprint density at radius 3 is 2.52 bits per heavy atom. The Balaban J connectivity index is 1.58. The Bertz CT molecular complexity index is 532. The van der Waals surface area contributed by atoms with Crippen LogP contribution >= 0.6 is 0 Å². The molecule has 0 unspecified atom stereocenters. The number of rotatable bonds is 5. The lowest BCUT2D eigenvalue weighted by Gasteiger charge is -2.26. The molecule has 0 spiro atoms. The normalized spacial score (nSPS) is 21.0. The molecule has 0 radical (unpaired) electrons. The van der Waals surface area contributed by atoms with Gasteiger partial charge in [0, 0.05) is 25.2 Å². The second-order valence-electron chi connectivity index (χ2n) is 6.97. The first-order valence-corrected chi connectivity index (χ1v) is 8.42. The predicted molar refractivity (Wildman–Crippen MR) is 83.2 cm³/mol. The van der Waals surface area contributed by atoms with E-state index in [0.29, 0.717) is 0 Å². The van der Waals surface area contributed by atoms with E-state index in [0.717, 1.165) is 50.0 Å². The lowest BCUT2D eigenvalue weighted by atomic mass is 9.94. The highest BCUT2D eigenvalue weighted by molar-refractivity contribution is 5.96. The van der Waals surface area contributed by atoms with Crippen LogP contribution in [0.3, 0.4) is 0 Å². The highest BCUT2D eigenvalue weighted by atomic mass is 16.2. The summed E-state index contributed by atoms with van der Waals surface area (Å²) >= 11 is 0. The zero-order chi connectivity index (χ0) is 14.2. The minimum atomic E-state index is 0.285. The molecular formula is C18H24N2O. The largest absolute Gasteiger partial charge is 0.338 e. The Kier molecular flexibility index (Phi) is 3.46. The fraction of sp³-hybridized carbons (Fsp3) is 0.611. The van der Waals surface area contributed by atoms with Crippen molar-refractivity contribution in [3.8, 4) is 0 Å². The smallest absolute Gasteiger partial charge is 0.254 e. The lowest BCUT2D eigenvalue weighted by Crippen LogP contribution is -2.36. The van der Waals surface area contributed by atoms with E-state index in [9.17, 15) is 4.79 Å². The van der Waals surface area contributed by atoms with Crippen LogP contribution in [0.2, 0.25) is 0 Å². The van der Waals surface area contributed by atoms with Gasteiger partial charge in [0.2, 0.25) is 0 Å². The van der Waals surface area contributed by atoms with Gasteiger partial charge in [-0.2, -0.15) is 0 Å². The second-order valence-corrected chi connectivity index (χ2v) is 6.97. The van der Waals surface area contributed by atoms with Gasteiger partial charge in [-0.05, 0) is 67.7 Å². The van der Waals surface area contributed by atoms with Crippen LogP contribution in [0.1, 0.15) is 47.2 Å². The van der Waals surface area contributed by atoms with Crippen molar-refractivity contribution in [3.05, 3.63) is 34.9 Å². The summed E-state index contributed by atoms with van der Waals surface area (Å²) in [6.45, 7) is 3.86. The first-order valence-electron chi connectivity index (χ1n) is 8.42. The number of benzene rings is 1. The van der Waals surface area contributed by atoms with Gasteiger partial charge in [0.15, 0.2) is 0 Å². The van der Waals surface area contributed by atoms with Gasteiger partial charge in [0.25, 0.3) is 5.91 Å². The summed E-state index contributed by atoms with van der Waals surface area (Å²) in [6.07, 6.45) is 6.23. The molecule has 3 heteroatoms. The van der Waals surface area contributed by atoms with Gasteiger partial charge < -0.3 is 10.2 Å². The number of hydrogen-bond acceptors (Lipinski definition) is 2. The molecule has 0 atom stereocenters. The van der Waals surface area contributed by atoms with Crippen LogP contribution in [-0.4, -0.2) is 30.4 Å². The molecule has 2 aliphatic carbocycles. The number of nitrogens with zero attached hydrogens (tertiary/aromatic N) is 1. The van der Waals surface area contributed by atoms with Crippen LogP contribution in [0.5, 0.6) is 0 Å². The van der Waals surface area contributed by atoms with Crippen molar-refractivity contribution in [2.45, 2.75) is 38.6 Å². The third-order valence-corrected chi connectivity index (χ3v) is 5.01. The number of amides is 1. The maximum absolute atomic E-state index is 13.0. The molecule has 112 valence electrons. The number of hydrogen-bond donors (Lipinski definition) is 1. The number of nitrogens with one attached hydrogen (secondary N) is 1. The summed E-state index contributed by atoms with van der Waals surface area (Å²) in [6, 6.07) is 6.25. The average Bonchev–Trinajstić information content (AvgIpc) is 3.41. The Morgan fingerprint density at radius 2 is 1.86 bits per heavy atom. The quantitative estimate of drug-likeness (QED) is 0.901. The monoisotopic (exact) mass is 284 g/mol.